The number of benzene rings is 3. The molecule has 5 rings (SSSR count). The molecule has 2 aromatic heterocycles. The first-order chi connectivity index (χ1) is 18.5. The number of phenolic OH excluding ortho intramolecular Hbond substituents is 3. The number of ether oxygens (including phenoxy) is 1. The zero-order chi connectivity index (χ0) is 27.9. The second-order valence-electron chi connectivity index (χ2n) is 10.3. The van der Waals surface area contributed by atoms with Gasteiger partial charge in [0, 0.05) is 35.0 Å². The van der Waals surface area contributed by atoms with Crippen LogP contribution in [0, 0.1) is 0 Å². The molecule has 0 saturated carbocycles. The number of phenols is 3. The summed E-state index contributed by atoms with van der Waals surface area (Å²) in [4.78, 5) is 17.3. The molecule has 8 nitrogen and oxygen atoms in total. The summed E-state index contributed by atoms with van der Waals surface area (Å²) in [6.07, 6.45) is 1.71. The Bertz CT molecular complexity index is 1730. The van der Waals surface area contributed by atoms with Crippen LogP contribution in [0.5, 0.6) is 28.7 Å². The molecular weight excluding hydrogens is 498 g/mol. The van der Waals surface area contributed by atoms with E-state index in [9.17, 15) is 25.2 Å². The van der Waals surface area contributed by atoms with Crippen LogP contribution >= 0.6 is 0 Å². The maximum Gasteiger partial charge on any atom is 0.238 e. The first-order valence-corrected chi connectivity index (χ1v) is 12.2. The molecule has 0 atom stereocenters. The molecule has 0 unspecified atom stereocenters. The van der Waals surface area contributed by atoms with Crippen molar-refractivity contribution in [3.05, 3.63) is 94.3 Å². The van der Waals surface area contributed by atoms with Crippen molar-refractivity contribution >= 4 is 11.0 Å². The molecule has 8 heteroatoms. The summed E-state index contributed by atoms with van der Waals surface area (Å²) in [5.41, 5.74) is 3.23. The highest BCUT2D eigenvalue weighted by Crippen LogP contribution is 2.38. The second-order valence-corrected chi connectivity index (χ2v) is 10.3. The lowest BCUT2D eigenvalue weighted by atomic mass is 9.86. The van der Waals surface area contributed by atoms with Gasteiger partial charge in [-0.3, -0.25) is 9.78 Å². The monoisotopic (exact) mass is 525 g/mol. The van der Waals surface area contributed by atoms with Crippen LogP contribution in [0.2, 0.25) is 0 Å². The van der Waals surface area contributed by atoms with Crippen LogP contribution < -0.4 is 10.2 Å². The fraction of sp³-hybridized carbons (Fsp3) is 0.161. The molecule has 0 aliphatic rings. The first-order valence-electron chi connectivity index (χ1n) is 12.2. The number of aromatic nitrogens is 1. The van der Waals surface area contributed by atoms with Crippen LogP contribution in [0.1, 0.15) is 31.9 Å². The summed E-state index contributed by atoms with van der Waals surface area (Å²) in [5, 5.41) is 40.1. The Kier molecular flexibility index (Phi) is 6.39. The summed E-state index contributed by atoms with van der Waals surface area (Å²) in [6, 6.07) is 18.5. The maximum absolute atomic E-state index is 12.8. The van der Waals surface area contributed by atoms with Gasteiger partial charge in [-0.25, -0.2) is 0 Å². The highest BCUT2D eigenvalue weighted by Gasteiger charge is 2.20. The van der Waals surface area contributed by atoms with Gasteiger partial charge in [0.25, 0.3) is 0 Å². The van der Waals surface area contributed by atoms with Gasteiger partial charge >= 0.3 is 0 Å². The van der Waals surface area contributed by atoms with E-state index in [2.05, 4.69) is 50.0 Å². The number of aromatic hydroxyl groups is 4. The molecule has 4 N–H and O–H groups in total. The van der Waals surface area contributed by atoms with Gasteiger partial charge in [0.2, 0.25) is 11.2 Å². The molecule has 2 heterocycles. The number of hydrogen-bond donors (Lipinski definition) is 4. The fourth-order valence-corrected chi connectivity index (χ4v) is 4.20. The molecule has 0 spiro atoms. The third-order valence-electron chi connectivity index (χ3n) is 6.44. The van der Waals surface area contributed by atoms with E-state index in [1.807, 2.05) is 12.1 Å². The van der Waals surface area contributed by atoms with Crippen molar-refractivity contribution in [3.63, 3.8) is 0 Å². The van der Waals surface area contributed by atoms with E-state index in [1.54, 1.807) is 6.20 Å². The summed E-state index contributed by atoms with van der Waals surface area (Å²) in [7, 11) is 0. The van der Waals surface area contributed by atoms with Gasteiger partial charge in [-0.2, -0.15) is 0 Å². The zero-order valence-corrected chi connectivity index (χ0v) is 21.6. The lowest BCUT2D eigenvalue weighted by molar-refractivity contribution is 0.304. The molecule has 0 amide bonds. The minimum atomic E-state index is -0.849. The third kappa shape index (κ3) is 5.09. The summed E-state index contributed by atoms with van der Waals surface area (Å²) in [5.74, 6) is -1.97. The molecule has 198 valence electrons. The topological polar surface area (TPSA) is 133 Å². The zero-order valence-electron chi connectivity index (χ0n) is 21.6. The Morgan fingerprint density at radius 1 is 0.821 bits per heavy atom. The van der Waals surface area contributed by atoms with E-state index >= 15 is 0 Å². The number of rotatable bonds is 5. The lowest BCUT2D eigenvalue weighted by Crippen LogP contribution is -2.10. The van der Waals surface area contributed by atoms with Crippen molar-refractivity contribution in [2.45, 2.75) is 32.8 Å². The molecule has 39 heavy (non-hydrogen) atoms. The largest absolute Gasteiger partial charge is 0.507 e. The minimum absolute atomic E-state index is 0.0254. The van der Waals surface area contributed by atoms with E-state index in [0.717, 1.165) is 22.9 Å². The van der Waals surface area contributed by atoms with E-state index in [1.165, 1.54) is 29.8 Å². The van der Waals surface area contributed by atoms with E-state index in [4.69, 9.17) is 9.15 Å². The maximum atomic E-state index is 12.8. The Labute approximate surface area is 224 Å². The fourth-order valence-electron chi connectivity index (χ4n) is 4.20. The van der Waals surface area contributed by atoms with Gasteiger partial charge in [0.05, 0.1) is 5.69 Å². The minimum Gasteiger partial charge on any atom is -0.507 e. The van der Waals surface area contributed by atoms with E-state index in [-0.39, 0.29) is 45.8 Å². The Balaban J connectivity index is 1.38. The standard InChI is InChI=1S/C31H27NO7/c1-31(2,3)20-8-5-18(6-9-20)22-10-4-17(15-32-22)16-38-21-13-25(35)27-26(14-21)39-30(29(37)28(27)36)19-7-11-23(33)24(34)12-19/h4-15,33-35,37H,16H2,1-3H3. The van der Waals surface area contributed by atoms with Crippen LogP contribution in [-0.4, -0.2) is 25.4 Å². The molecule has 0 aliphatic heterocycles. The SMILES string of the molecule is CC(C)(C)c1ccc(-c2ccc(COc3cc(O)c4c(=O)c(O)c(-c5ccc(O)c(O)c5)oc4c3)cn2)cc1. The van der Waals surface area contributed by atoms with Crippen LogP contribution in [0.4, 0.5) is 0 Å². The first kappa shape index (κ1) is 25.7. The van der Waals surface area contributed by atoms with Gasteiger partial charge in [-0.1, -0.05) is 51.1 Å². The number of pyridine rings is 1. The highest BCUT2D eigenvalue weighted by molar-refractivity contribution is 5.88. The lowest BCUT2D eigenvalue weighted by Gasteiger charge is -2.19. The predicted octanol–water partition coefficient (Wildman–Crippen LogP) is 6.22. The molecule has 0 radical (unpaired) electrons. The molecule has 0 aliphatic carbocycles. The Hall–Kier alpha value is -4.98. The van der Waals surface area contributed by atoms with E-state index in [0.29, 0.717) is 0 Å². The van der Waals surface area contributed by atoms with Gasteiger partial charge in [-0.05, 0) is 35.2 Å². The van der Waals surface area contributed by atoms with Gasteiger partial charge in [0.1, 0.15) is 29.1 Å². The Morgan fingerprint density at radius 2 is 1.54 bits per heavy atom. The molecule has 0 saturated heterocycles. The van der Waals surface area contributed by atoms with Gasteiger partial charge in [0.15, 0.2) is 17.3 Å². The van der Waals surface area contributed by atoms with Crippen LogP contribution in [0.3, 0.4) is 0 Å². The summed E-state index contributed by atoms with van der Waals surface area (Å²) in [6.45, 7) is 6.65. The molecular formula is C31H27NO7. The van der Waals surface area contributed by atoms with Crippen molar-refractivity contribution in [3.8, 4) is 51.3 Å². The van der Waals surface area contributed by atoms with Gasteiger partial charge in [-0.15, -0.1) is 0 Å². The Morgan fingerprint density at radius 3 is 2.18 bits per heavy atom. The number of nitrogens with zero attached hydrogens (tertiary/aromatic N) is 1. The number of fused-ring (bicyclic) bond motifs is 1. The van der Waals surface area contributed by atoms with Crippen LogP contribution in [0.15, 0.2) is 82.1 Å². The van der Waals surface area contributed by atoms with Crippen molar-refractivity contribution in [1.29, 1.82) is 0 Å². The summed E-state index contributed by atoms with van der Waals surface area (Å²) >= 11 is 0. The van der Waals surface area contributed by atoms with Crippen LogP contribution in [-0.2, 0) is 12.0 Å². The predicted molar refractivity (Wildman–Crippen MR) is 147 cm³/mol. The second kappa shape index (κ2) is 9.72. The van der Waals surface area contributed by atoms with E-state index < -0.39 is 22.7 Å². The van der Waals surface area contributed by atoms with Crippen molar-refractivity contribution in [1.82, 2.24) is 4.98 Å². The molecule has 3 aromatic carbocycles. The normalized spacial score (nSPS) is 11.6. The molecule has 0 bridgehead atoms. The average molecular weight is 526 g/mol. The van der Waals surface area contributed by atoms with Crippen LogP contribution in [0.25, 0.3) is 33.6 Å². The smallest absolute Gasteiger partial charge is 0.238 e. The third-order valence-corrected chi connectivity index (χ3v) is 6.44. The molecule has 0 fully saturated rings. The number of hydrogen-bond acceptors (Lipinski definition) is 8. The van der Waals surface area contributed by atoms with Gasteiger partial charge < -0.3 is 29.6 Å². The van der Waals surface area contributed by atoms with Crippen molar-refractivity contribution in [2.75, 3.05) is 0 Å². The summed E-state index contributed by atoms with van der Waals surface area (Å²) < 4.78 is 11.6. The van der Waals surface area contributed by atoms with Crippen molar-refractivity contribution in [2.24, 2.45) is 0 Å². The average Bonchev–Trinajstić information content (AvgIpc) is 2.91. The highest BCUT2D eigenvalue weighted by atomic mass is 16.5. The molecule has 5 aromatic rings. The quantitative estimate of drug-likeness (QED) is 0.199. The van der Waals surface area contributed by atoms with Crippen molar-refractivity contribution < 1.29 is 29.6 Å².